The minimum Gasteiger partial charge on any atom is -0.497 e. The van der Waals surface area contributed by atoms with Crippen molar-refractivity contribution < 1.29 is 22.7 Å². The molecule has 1 aliphatic heterocycles. The minimum atomic E-state index is -3.96. The fourth-order valence-electron chi connectivity index (χ4n) is 3.31. The number of benzene rings is 2. The van der Waals surface area contributed by atoms with E-state index in [0.717, 1.165) is 0 Å². The molecule has 1 fully saturated rings. The number of nitrogens with zero attached hydrogens (tertiary/aromatic N) is 1. The van der Waals surface area contributed by atoms with Crippen LogP contribution in [0.1, 0.15) is 19.8 Å². The molecular formula is C20H23ClN2O5S. The molecule has 9 heteroatoms. The predicted molar refractivity (Wildman–Crippen MR) is 114 cm³/mol. The summed E-state index contributed by atoms with van der Waals surface area (Å²) in [6.45, 7) is 1.77. The summed E-state index contributed by atoms with van der Waals surface area (Å²) in [5.41, 5.74) is 0.899. The van der Waals surface area contributed by atoms with Gasteiger partial charge in [-0.05, 0) is 62.2 Å². The summed E-state index contributed by atoms with van der Waals surface area (Å²) in [6.07, 6.45) is 0.774. The highest BCUT2D eigenvalue weighted by molar-refractivity contribution is 7.95. The van der Waals surface area contributed by atoms with E-state index in [1.165, 1.54) is 24.4 Å². The van der Waals surface area contributed by atoms with Crippen LogP contribution in [0.2, 0.25) is 5.02 Å². The number of methoxy groups -OCH3 is 2. The third-order valence-corrected chi connectivity index (χ3v) is 7.92. The van der Waals surface area contributed by atoms with Crippen molar-refractivity contribution in [3.63, 3.8) is 0 Å². The van der Waals surface area contributed by atoms with Crippen LogP contribution in [0.3, 0.4) is 0 Å². The van der Waals surface area contributed by atoms with Gasteiger partial charge in [-0.15, -0.1) is 0 Å². The zero-order valence-electron chi connectivity index (χ0n) is 16.4. The third kappa shape index (κ3) is 3.86. The molecular weight excluding hydrogens is 416 g/mol. The van der Waals surface area contributed by atoms with Crippen molar-refractivity contribution in [3.05, 3.63) is 47.5 Å². The van der Waals surface area contributed by atoms with Gasteiger partial charge in [0.25, 0.3) is 0 Å². The van der Waals surface area contributed by atoms with Crippen LogP contribution in [-0.4, -0.2) is 39.8 Å². The minimum absolute atomic E-state index is 0.220. The molecule has 1 unspecified atom stereocenters. The first kappa shape index (κ1) is 21.3. The van der Waals surface area contributed by atoms with Gasteiger partial charge >= 0.3 is 0 Å². The van der Waals surface area contributed by atoms with E-state index in [2.05, 4.69) is 5.32 Å². The topological polar surface area (TPSA) is 84.9 Å². The van der Waals surface area contributed by atoms with Crippen LogP contribution in [-0.2, 0) is 14.8 Å². The first-order chi connectivity index (χ1) is 13.7. The van der Waals surface area contributed by atoms with Gasteiger partial charge in [0.2, 0.25) is 15.9 Å². The largest absolute Gasteiger partial charge is 0.497 e. The number of sulfonamides is 1. The second kappa shape index (κ2) is 8.12. The van der Waals surface area contributed by atoms with Gasteiger partial charge in [0.05, 0.1) is 24.9 Å². The lowest BCUT2D eigenvalue weighted by molar-refractivity contribution is -0.118. The average Bonchev–Trinajstić information content (AvgIpc) is 2.70. The molecule has 1 heterocycles. The van der Waals surface area contributed by atoms with Crippen molar-refractivity contribution in [1.29, 1.82) is 0 Å². The first-order valence-electron chi connectivity index (χ1n) is 9.04. The molecule has 2 aromatic rings. The molecule has 2 aromatic carbocycles. The highest BCUT2D eigenvalue weighted by Gasteiger charge is 2.52. The monoisotopic (exact) mass is 438 g/mol. The van der Waals surface area contributed by atoms with Crippen LogP contribution in [0.4, 0.5) is 11.4 Å². The van der Waals surface area contributed by atoms with E-state index in [1.54, 1.807) is 43.5 Å². The van der Waals surface area contributed by atoms with E-state index in [4.69, 9.17) is 21.1 Å². The number of hydrogen-bond donors (Lipinski definition) is 1. The van der Waals surface area contributed by atoms with Crippen molar-refractivity contribution in [2.45, 2.75) is 24.5 Å². The predicted octanol–water partition coefficient (Wildman–Crippen LogP) is 3.68. The Bertz CT molecular complexity index is 1010. The molecule has 0 spiro atoms. The molecule has 0 bridgehead atoms. The number of anilines is 2. The van der Waals surface area contributed by atoms with Crippen molar-refractivity contribution in [1.82, 2.24) is 0 Å². The molecule has 7 nitrogen and oxygen atoms in total. The van der Waals surface area contributed by atoms with Gasteiger partial charge in [-0.25, -0.2) is 8.42 Å². The van der Waals surface area contributed by atoms with E-state index in [9.17, 15) is 13.2 Å². The van der Waals surface area contributed by atoms with Crippen LogP contribution in [0, 0.1) is 0 Å². The number of carbonyl (C=O) groups is 1. The van der Waals surface area contributed by atoms with Gasteiger partial charge in [0.1, 0.15) is 11.5 Å². The maximum atomic E-state index is 13.4. The molecule has 156 valence electrons. The molecule has 1 aliphatic rings. The highest BCUT2D eigenvalue weighted by Crippen LogP contribution is 2.37. The Kier molecular flexibility index (Phi) is 5.95. The molecule has 0 saturated carbocycles. The molecule has 0 radical (unpaired) electrons. The molecule has 1 amide bonds. The van der Waals surface area contributed by atoms with Crippen LogP contribution in [0.25, 0.3) is 0 Å². The summed E-state index contributed by atoms with van der Waals surface area (Å²) in [6, 6.07) is 11.5. The normalized spacial score (nSPS) is 20.8. The Hall–Kier alpha value is -2.45. The molecule has 1 atom stereocenters. The van der Waals surface area contributed by atoms with Crippen LogP contribution in [0.15, 0.2) is 42.5 Å². The van der Waals surface area contributed by atoms with Gasteiger partial charge in [0.15, 0.2) is 4.75 Å². The Balaban J connectivity index is 1.88. The first-order valence-corrected chi connectivity index (χ1v) is 10.9. The Morgan fingerprint density at radius 1 is 1.14 bits per heavy atom. The van der Waals surface area contributed by atoms with Gasteiger partial charge in [-0.2, -0.15) is 0 Å². The maximum Gasteiger partial charge on any atom is 0.249 e. The van der Waals surface area contributed by atoms with Crippen molar-refractivity contribution in [2.75, 3.05) is 30.4 Å². The van der Waals surface area contributed by atoms with Crippen LogP contribution in [0.5, 0.6) is 11.5 Å². The smallest absolute Gasteiger partial charge is 0.249 e. The summed E-state index contributed by atoms with van der Waals surface area (Å²) in [5, 5.41) is 3.01. The Morgan fingerprint density at radius 2 is 1.83 bits per heavy atom. The number of ether oxygens (including phenoxy) is 2. The molecule has 1 saturated heterocycles. The van der Waals surface area contributed by atoms with Crippen molar-refractivity contribution in [3.8, 4) is 11.5 Å². The molecule has 3 rings (SSSR count). The number of rotatable bonds is 5. The van der Waals surface area contributed by atoms with Crippen molar-refractivity contribution >= 4 is 38.9 Å². The fourth-order valence-corrected chi connectivity index (χ4v) is 5.51. The summed E-state index contributed by atoms with van der Waals surface area (Å²) in [5.74, 6) is 0.490. The quantitative estimate of drug-likeness (QED) is 0.769. The Morgan fingerprint density at radius 3 is 2.41 bits per heavy atom. The molecule has 0 aromatic heterocycles. The number of halogens is 1. The zero-order valence-corrected chi connectivity index (χ0v) is 18.0. The lowest BCUT2D eigenvalue weighted by atomic mass is 10.0. The lowest BCUT2D eigenvalue weighted by Crippen LogP contribution is -2.57. The summed E-state index contributed by atoms with van der Waals surface area (Å²) in [4.78, 5) is 13.0. The molecule has 0 aliphatic carbocycles. The number of amides is 1. The maximum absolute atomic E-state index is 13.4. The summed E-state index contributed by atoms with van der Waals surface area (Å²) >= 11 is 6.10. The number of nitrogens with one attached hydrogen (secondary N) is 1. The van der Waals surface area contributed by atoms with Gasteiger partial charge in [-0.1, -0.05) is 11.6 Å². The molecule has 1 N–H and O–H groups in total. The summed E-state index contributed by atoms with van der Waals surface area (Å²) < 4.78 is 36.7. The van der Waals surface area contributed by atoms with Gasteiger partial charge < -0.3 is 14.8 Å². The second-order valence-electron chi connectivity index (χ2n) is 6.91. The number of carbonyl (C=O) groups excluding carboxylic acids is 1. The van der Waals surface area contributed by atoms with E-state index in [-0.39, 0.29) is 6.42 Å². The Labute approximate surface area is 175 Å². The van der Waals surface area contributed by atoms with Gasteiger partial charge in [-0.3, -0.25) is 9.10 Å². The third-order valence-electron chi connectivity index (χ3n) is 5.12. The number of hydrogen-bond acceptors (Lipinski definition) is 5. The van der Waals surface area contributed by atoms with Crippen molar-refractivity contribution in [2.24, 2.45) is 0 Å². The fraction of sp³-hybridized carbons (Fsp3) is 0.350. The van der Waals surface area contributed by atoms with Gasteiger partial charge in [0, 0.05) is 12.2 Å². The van der Waals surface area contributed by atoms with E-state index in [1.807, 2.05) is 0 Å². The molecule has 29 heavy (non-hydrogen) atoms. The van der Waals surface area contributed by atoms with Crippen LogP contribution < -0.4 is 19.1 Å². The SMILES string of the molecule is COc1ccc(N2CCCC(C)(C(=O)Nc3ccc(OC)c(Cl)c3)S2(=O)=O)cc1. The average molecular weight is 439 g/mol. The van der Waals surface area contributed by atoms with E-state index in [0.29, 0.717) is 40.9 Å². The van der Waals surface area contributed by atoms with E-state index < -0.39 is 20.7 Å². The zero-order chi connectivity index (χ0) is 21.2. The summed E-state index contributed by atoms with van der Waals surface area (Å²) in [7, 11) is -0.926. The highest BCUT2D eigenvalue weighted by atomic mass is 35.5. The van der Waals surface area contributed by atoms with E-state index >= 15 is 0 Å². The standard InChI is InChI=1S/C20H23ClN2O5S/c1-20(19(24)22-14-5-10-18(28-3)17(21)13-14)11-4-12-23(29(20,25)26)15-6-8-16(27-2)9-7-15/h5-10,13H,4,11-12H2,1-3H3,(H,22,24). The lowest BCUT2D eigenvalue weighted by Gasteiger charge is -2.39. The second-order valence-corrected chi connectivity index (χ2v) is 9.61. The van der Waals surface area contributed by atoms with Crippen LogP contribution >= 0.6 is 11.6 Å².